The van der Waals surface area contributed by atoms with E-state index in [0.717, 1.165) is 38.2 Å². The van der Waals surface area contributed by atoms with Crippen LogP contribution in [0.15, 0.2) is 24.3 Å². The van der Waals surface area contributed by atoms with E-state index >= 15 is 0 Å². The molecule has 1 aromatic carbocycles. The second-order valence-electron chi connectivity index (χ2n) is 5.80. The molecule has 19 heavy (non-hydrogen) atoms. The van der Waals surface area contributed by atoms with E-state index in [1.54, 1.807) is 12.1 Å². The molecule has 0 bridgehead atoms. The molecular formula is C15H24FN3. The first-order valence-electron chi connectivity index (χ1n) is 6.91. The molecule has 1 aliphatic rings. The zero-order valence-electron chi connectivity index (χ0n) is 11.9. The van der Waals surface area contributed by atoms with Gasteiger partial charge in [-0.25, -0.2) is 4.39 Å². The van der Waals surface area contributed by atoms with Crippen LogP contribution in [0.5, 0.6) is 0 Å². The van der Waals surface area contributed by atoms with Gasteiger partial charge in [-0.2, -0.15) is 0 Å². The maximum Gasteiger partial charge on any atom is 0.123 e. The Labute approximate surface area is 115 Å². The Morgan fingerprint density at radius 1 is 1.26 bits per heavy atom. The van der Waals surface area contributed by atoms with Gasteiger partial charge >= 0.3 is 0 Å². The second-order valence-corrected chi connectivity index (χ2v) is 5.80. The Hall–Kier alpha value is -0.970. The van der Waals surface area contributed by atoms with Crippen molar-refractivity contribution in [3.63, 3.8) is 0 Å². The minimum absolute atomic E-state index is 0.0882. The van der Waals surface area contributed by atoms with Crippen LogP contribution in [0.3, 0.4) is 0 Å². The topological polar surface area (TPSA) is 32.5 Å². The van der Waals surface area contributed by atoms with Crippen LogP contribution in [0.1, 0.15) is 12.5 Å². The summed E-state index contributed by atoms with van der Waals surface area (Å²) in [6.45, 7) is 6.97. The van der Waals surface area contributed by atoms with Crippen molar-refractivity contribution < 1.29 is 4.39 Å². The molecule has 1 atom stereocenters. The van der Waals surface area contributed by atoms with E-state index in [0.29, 0.717) is 6.54 Å². The van der Waals surface area contributed by atoms with E-state index in [2.05, 4.69) is 23.8 Å². The number of hydrogen-bond acceptors (Lipinski definition) is 3. The fourth-order valence-electron chi connectivity index (χ4n) is 2.75. The highest BCUT2D eigenvalue weighted by molar-refractivity contribution is 5.19. The number of nitrogens with zero attached hydrogens (tertiary/aromatic N) is 2. The first-order valence-corrected chi connectivity index (χ1v) is 6.91. The van der Waals surface area contributed by atoms with E-state index in [-0.39, 0.29) is 11.4 Å². The number of hydrogen-bond donors (Lipinski definition) is 1. The standard InChI is InChI=1S/C15H24FN3/c1-15(12-17,19-8-6-18(2)7-9-19)11-13-4-3-5-14(16)10-13/h3-5,10H,6-9,11-12,17H2,1-2H3. The average Bonchev–Trinajstić information content (AvgIpc) is 2.39. The second kappa shape index (κ2) is 5.99. The lowest BCUT2D eigenvalue weighted by atomic mass is 9.90. The van der Waals surface area contributed by atoms with Crippen LogP contribution >= 0.6 is 0 Å². The summed E-state index contributed by atoms with van der Waals surface area (Å²) in [4.78, 5) is 4.77. The molecule has 2 rings (SSSR count). The minimum atomic E-state index is -0.171. The van der Waals surface area contributed by atoms with Gasteiger partial charge in [-0.3, -0.25) is 4.90 Å². The van der Waals surface area contributed by atoms with E-state index in [9.17, 15) is 4.39 Å². The molecule has 0 radical (unpaired) electrons. The maximum absolute atomic E-state index is 13.3. The van der Waals surface area contributed by atoms with Gasteiger partial charge in [-0.1, -0.05) is 12.1 Å². The molecule has 1 unspecified atom stereocenters. The highest BCUT2D eigenvalue weighted by atomic mass is 19.1. The molecule has 2 N–H and O–H groups in total. The number of benzene rings is 1. The van der Waals surface area contributed by atoms with Crippen molar-refractivity contribution in [2.75, 3.05) is 39.8 Å². The lowest BCUT2D eigenvalue weighted by molar-refractivity contribution is 0.0559. The highest BCUT2D eigenvalue weighted by Gasteiger charge is 2.32. The first kappa shape index (κ1) is 14.4. The predicted octanol–water partition coefficient (Wildman–Crippen LogP) is 1.33. The van der Waals surface area contributed by atoms with Crippen molar-refractivity contribution in [1.82, 2.24) is 9.80 Å². The molecular weight excluding hydrogens is 241 g/mol. The van der Waals surface area contributed by atoms with Crippen LogP contribution in [0, 0.1) is 5.82 Å². The van der Waals surface area contributed by atoms with Gasteiger partial charge in [0.1, 0.15) is 5.82 Å². The van der Waals surface area contributed by atoms with Gasteiger partial charge in [0.05, 0.1) is 0 Å². The molecule has 1 heterocycles. The van der Waals surface area contributed by atoms with Gasteiger partial charge in [0.2, 0.25) is 0 Å². The van der Waals surface area contributed by atoms with Crippen LogP contribution in [0.25, 0.3) is 0 Å². The van der Waals surface area contributed by atoms with Gasteiger partial charge in [-0.05, 0) is 38.1 Å². The fraction of sp³-hybridized carbons (Fsp3) is 0.600. The normalized spacial score (nSPS) is 21.3. The quantitative estimate of drug-likeness (QED) is 0.891. The molecule has 3 nitrogen and oxygen atoms in total. The molecule has 1 saturated heterocycles. The minimum Gasteiger partial charge on any atom is -0.329 e. The van der Waals surface area contributed by atoms with Crippen LogP contribution in [-0.2, 0) is 6.42 Å². The number of piperazine rings is 1. The molecule has 4 heteroatoms. The largest absolute Gasteiger partial charge is 0.329 e. The van der Waals surface area contributed by atoms with Gasteiger partial charge < -0.3 is 10.6 Å². The van der Waals surface area contributed by atoms with Crippen LogP contribution in [-0.4, -0.2) is 55.1 Å². The molecule has 1 aliphatic heterocycles. The third-order valence-electron chi connectivity index (χ3n) is 4.18. The summed E-state index contributed by atoms with van der Waals surface area (Å²) in [6.07, 6.45) is 0.797. The third-order valence-corrected chi connectivity index (χ3v) is 4.18. The molecule has 0 amide bonds. The van der Waals surface area contributed by atoms with Crippen molar-refractivity contribution in [2.45, 2.75) is 18.9 Å². The van der Waals surface area contributed by atoms with Crippen molar-refractivity contribution in [3.05, 3.63) is 35.6 Å². The molecule has 1 fully saturated rings. The Morgan fingerprint density at radius 3 is 2.53 bits per heavy atom. The molecule has 106 valence electrons. The number of halogens is 1. The van der Waals surface area contributed by atoms with Crippen molar-refractivity contribution >= 4 is 0 Å². The van der Waals surface area contributed by atoms with Crippen molar-refractivity contribution in [3.8, 4) is 0 Å². The Bertz CT molecular complexity index is 416. The van der Waals surface area contributed by atoms with Crippen molar-refractivity contribution in [2.24, 2.45) is 5.73 Å². The average molecular weight is 265 g/mol. The lowest BCUT2D eigenvalue weighted by Gasteiger charge is -2.45. The molecule has 0 spiro atoms. The van der Waals surface area contributed by atoms with E-state index in [4.69, 9.17) is 5.73 Å². The zero-order valence-corrected chi connectivity index (χ0v) is 11.9. The Morgan fingerprint density at radius 2 is 1.95 bits per heavy atom. The van der Waals surface area contributed by atoms with Gasteiger partial charge in [0.25, 0.3) is 0 Å². The molecule has 0 saturated carbocycles. The summed E-state index contributed by atoms with van der Waals surface area (Å²) in [7, 11) is 2.14. The third kappa shape index (κ3) is 3.53. The van der Waals surface area contributed by atoms with Crippen LogP contribution in [0.4, 0.5) is 4.39 Å². The Balaban J connectivity index is 2.09. The molecule has 0 aromatic heterocycles. The summed E-state index contributed by atoms with van der Waals surface area (Å²) in [6, 6.07) is 6.85. The van der Waals surface area contributed by atoms with Crippen molar-refractivity contribution in [1.29, 1.82) is 0 Å². The van der Waals surface area contributed by atoms with Gasteiger partial charge in [-0.15, -0.1) is 0 Å². The fourth-order valence-corrected chi connectivity index (χ4v) is 2.75. The lowest BCUT2D eigenvalue weighted by Crippen LogP contribution is -2.59. The first-order chi connectivity index (χ1) is 9.03. The van der Waals surface area contributed by atoms with E-state index in [1.807, 2.05) is 6.07 Å². The summed E-state index contributed by atoms with van der Waals surface area (Å²) in [5, 5.41) is 0. The number of rotatable bonds is 4. The summed E-state index contributed by atoms with van der Waals surface area (Å²) in [5.41, 5.74) is 6.94. The van der Waals surface area contributed by atoms with Gasteiger partial charge in [0, 0.05) is 38.3 Å². The molecule has 0 aliphatic carbocycles. The smallest absolute Gasteiger partial charge is 0.123 e. The monoisotopic (exact) mass is 265 g/mol. The van der Waals surface area contributed by atoms with Crippen LogP contribution in [0.2, 0.25) is 0 Å². The van der Waals surface area contributed by atoms with Crippen LogP contribution < -0.4 is 5.73 Å². The predicted molar refractivity (Wildman–Crippen MR) is 76.6 cm³/mol. The summed E-state index contributed by atoms with van der Waals surface area (Å²) in [5.74, 6) is -0.171. The zero-order chi connectivity index (χ0) is 13.9. The van der Waals surface area contributed by atoms with E-state index in [1.165, 1.54) is 6.07 Å². The Kier molecular flexibility index (Phi) is 4.55. The van der Waals surface area contributed by atoms with Gasteiger partial charge in [0.15, 0.2) is 0 Å². The number of likely N-dealkylation sites (N-methyl/N-ethyl adjacent to an activating group) is 1. The summed E-state index contributed by atoms with van der Waals surface area (Å²) >= 11 is 0. The maximum atomic E-state index is 13.3. The number of nitrogens with two attached hydrogens (primary N) is 1. The highest BCUT2D eigenvalue weighted by Crippen LogP contribution is 2.22. The SMILES string of the molecule is CN1CCN(C(C)(CN)Cc2cccc(F)c2)CC1. The summed E-state index contributed by atoms with van der Waals surface area (Å²) < 4.78 is 13.3. The van der Waals surface area contributed by atoms with E-state index < -0.39 is 0 Å². The molecule has 1 aromatic rings.